The summed E-state index contributed by atoms with van der Waals surface area (Å²) in [7, 11) is 0. The van der Waals surface area contributed by atoms with Crippen molar-refractivity contribution in [3.63, 3.8) is 0 Å². The van der Waals surface area contributed by atoms with Crippen molar-refractivity contribution in [2.24, 2.45) is 0 Å². The molecule has 0 aliphatic heterocycles. The standard InChI is InChI=1S/C27H22N2OS/c30-26(24-16-14-23(15-17-24)22-12-6-2-7-13-22)25(29-18-8-3-9-19-29)27(31)28-20-21-10-4-1-5-11-21/h1-19H,20H2,(H-,28,30,31). The smallest absolute Gasteiger partial charge is 0.237 e. The van der Waals surface area contributed by atoms with Gasteiger partial charge in [0.1, 0.15) is 0 Å². The van der Waals surface area contributed by atoms with E-state index in [1.54, 1.807) is 4.57 Å². The minimum absolute atomic E-state index is 0.124. The first kappa shape index (κ1) is 20.5. The third kappa shape index (κ3) is 5.05. The molecule has 0 atom stereocenters. The third-order valence-corrected chi connectivity index (χ3v) is 5.29. The fourth-order valence-corrected chi connectivity index (χ4v) is 3.60. The van der Waals surface area contributed by atoms with E-state index in [0.29, 0.717) is 22.8 Å². The molecule has 0 aliphatic carbocycles. The first-order valence-corrected chi connectivity index (χ1v) is 10.5. The lowest BCUT2D eigenvalue weighted by molar-refractivity contribution is -0.578. The van der Waals surface area contributed by atoms with E-state index in [-0.39, 0.29) is 5.76 Å². The van der Waals surface area contributed by atoms with E-state index >= 15 is 0 Å². The van der Waals surface area contributed by atoms with Crippen LogP contribution in [0.25, 0.3) is 22.6 Å². The summed E-state index contributed by atoms with van der Waals surface area (Å²) in [4.78, 5) is 0.414. The molecule has 31 heavy (non-hydrogen) atoms. The summed E-state index contributed by atoms with van der Waals surface area (Å²) < 4.78 is 1.77. The van der Waals surface area contributed by atoms with Crippen molar-refractivity contribution in [1.82, 2.24) is 5.32 Å². The van der Waals surface area contributed by atoms with Gasteiger partial charge in [0.15, 0.2) is 17.4 Å². The van der Waals surface area contributed by atoms with Crippen LogP contribution in [0.4, 0.5) is 0 Å². The van der Waals surface area contributed by atoms with Crippen molar-refractivity contribution in [3.05, 3.63) is 127 Å². The Bertz CT molecular complexity index is 1170. The van der Waals surface area contributed by atoms with Crippen molar-refractivity contribution in [1.29, 1.82) is 0 Å². The highest BCUT2D eigenvalue weighted by molar-refractivity contribution is 7.81. The first-order valence-electron chi connectivity index (χ1n) is 10.1. The van der Waals surface area contributed by atoms with Crippen molar-refractivity contribution in [2.75, 3.05) is 0 Å². The molecule has 1 heterocycles. The Balaban J connectivity index is 1.66. The van der Waals surface area contributed by atoms with Gasteiger partial charge in [-0.2, -0.15) is 4.57 Å². The Kier molecular flexibility index (Phi) is 6.50. The van der Waals surface area contributed by atoms with Crippen LogP contribution in [-0.4, -0.2) is 4.99 Å². The lowest BCUT2D eigenvalue weighted by Gasteiger charge is -2.17. The summed E-state index contributed by atoms with van der Waals surface area (Å²) in [6, 6.07) is 33.4. The molecule has 0 unspecified atom stereocenters. The summed E-state index contributed by atoms with van der Waals surface area (Å²) >= 11 is 5.65. The zero-order valence-electron chi connectivity index (χ0n) is 16.9. The quantitative estimate of drug-likeness (QED) is 0.216. The number of rotatable bonds is 6. The van der Waals surface area contributed by atoms with Crippen LogP contribution in [0.1, 0.15) is 11.1 Å². The number of nitrogens with one attached hydrogen (secondary N) is 1. The normalized spacial score (nSPS) is 11.5. The second-order valence-corrected chi connectivity index (χ2v) is 7.48. The van der Waals surface area contributed by atoms with Gasteiger partial charge in [-0.25, -0.2) is 0 Å². The molecule has 3 aromatic carbocycles. The van der Waals surface area contributed by atoms with E-state index in [1.165, 1.54) is 0 Å². The largest absolute Gasteiger partial charge is 0.867 e. The molecule has 4 heteroatoms. The van der Waals surface area contributed by atoms with Gasteiger partial charge in [-0.3, -0.25) is 0 Å². The van der Waals surface area contributed by atoms with E-state index < -0.39 is 0 Å². The average molecular weight is 423 g/mol. The van der Waals surface area contributed by atoms with Crippen molar-refractivity contribution in [3.8, 4) is 11.1 Å². The lowest BCUT2D eigenvalue weighted by atomic mass is 10.0. The zero-order valence-corrected chi connectivity index (χ0v) is 17.8. The molecule has 0 saturated carbocycles. The third-order valence-electron chi connectivity index (χ3n) is 4.95. The van der Waals surface area contributed by atoms with Crippen LogP contribution in [-0.2, 0) is 6.54 Å². The van der Waals surface area contributed by atoms with Gasteiger partial charge >= 0.3 is 0 Å². The topological polar surface area (TPSA) is 39.0 Å². The number of aromatic nitrogens is 1. The van der Waals surface area contributed by atoms with Crippen LogP contribution in [0.15, 0.2) is 116 Å². The lowest BCUT2D eigenvalue weighted by Crippen LogP contribution is -2.42. The molecule has 0 saturated heterocycles. The Hall–Kier alpha value is -3.76. The molecular formula is C27H22N2OS. The van der Waals surface area contributed by atoms with Crippen molar-refractivity contribution < 1.29 is 9.67 Å². The number of hydrogen-bond acceptors (Lipinski definition) is 2. The fraction of sp³-hybridized carbons (Fsp3) is 0.0370. The molecule has 0 fully saturated rings. The van der Waals surface area contributed by atoms with E-state index in [0.717, 1.165) is 16.7 Å². The molecule has 4 aromatic rings. The molecule has 152 valence electrons. The van der Waals surface area contributed by atoms with Crippen molar-refractivity contribution >= 4 is 28.7 Å². The van der Waals surface area contributed by atoms with E-state index in [9.17, 15) is 5.11 Å². The maximum Gasteiger partial charge on any atom is 0.237 e. The van der Waals surface area contributed by atoms with Gasteiger partial charge in [-0.15, -0.1) is 0 Å². The Morgan fingerprint density at radius 2 is 1.26 bits per heavy atom. The predicted molar refractivity (Wildman–Crippen MR) is 128 cm³/mol. The Labute approximate surface area is 188 Å². The minimum Gasteiger partial charge on any atom is -0.867 e. The monoisotopic (exact) mass is 422 g/mol. The second kappa shape index (κ2) is 9.83. The molecule has 0 amide bonds. The molecule has 0 aliphatic rings. The van der Waals surface area contributed by atoms with E-state index in [2.05, 4.69) is 17.4 Å². The predicted octanol–water partition coefficient (Wildman–Crippen LogP) is 4.44. The average Bonchev–Trinajstić information content (AvgIpc) is 2.85. The first-order chi connectivity index (χ1) is 15.2. The number of benzene rings is 3. The molecular weight excluding hydrogens is 400 g/mol. The summed E-state index contributed by atoms with van der Waals surface area (Å²) in [5.41, 5.74) is 4.30. The summed E-state index contributed by atoms with van der Waals surface area (Å²) in [6.07, 6.45) is 3.67. The second-order valence-electron chi connectivity index (χ2n) is 7.07. The van der Waals surface area contributed by atoms with Crippen LogP contribution in [0.2, 0.25) is 0 Å². The van der Waals surface area contributed by atoms with Gasteiger partial charge < -0.3 is 10.4 Å². The molecule has 0 radical (unpaired) electrons. The maximum absolute atomic E-state index is 13.5. The minimum atomic E-state index is -0.124. The van der Waals surface area contributed by atoms with Crippen LogP contribution in [0, 0.1) is 0 Å². The SMILES string of the molecule is [O-]C(=C(C(=S)NCc1ccccc1)[n+]1ccccc1)c1ccc(-c2ccccc2)cc1. The molecule has 0 bridgehead atoms. The summed E-state index contributed by atoms with van der Waals surface area (Å²) in [5, 5.41) is 16.7. The van der Waals surface area contributed by atoms with Gasteiger partial charge in [-0.05, 0) is 28.0 Å². The van der Waals surface area contributed by atoms with Crippen LogP contribution < -0.4 is 15.0 Å². The van der Waals surface area contributed by atoms with Gasteiger partial charge in [0.25, 0.3) is 0 Å². The van der Waals surface area contributed by atoms with E-state index in [1.807, 2.05) is 103 Å². The number of thiocarbonyl (C=S) groups is 1. The summed E-state index contributed by atoms with van der Waals surface area (Å²) in [6.45, 7) is 0.552. The van der Waals surface area contributed by atoms with Crippen LogP contribution in [0.3, 0.4) is 0 Å². The maximum atomic E-state index is 13.5. The molecule has 3 nitrogen and oxygen atoms in total. The Morgan fingerprint density at radius 3 is 1.90 bits per heavy atom. The zero-order chi connectivity index (χ0) is 21.5. The summed E-state index contributed by atoms with van der Waals surface area (Å²) in [5.74, 6) is -0.124. The van der Waals surface area contributed by atoms with Gasteiger partial charge in [0.2, 0.25) is 5.70 Å². The highest BCUT2D eigenvalue weighted by Gasteiger charge is 2.18. The van der Waals surface area contributed by atoms with Gasteiger partial charge in [-0.1, -0.05) is 103 Å². The van der Waals surface area contributed by atoms with Gasteiger partial charge in [0, 0.05) is 18.7 Å². The highest BCUT2D eigenvalue weighted by atomic mass is 32.1. The molecule has 4 rings (SSSR count). The molecule has 1 aromatic heterocycles. The molecule has 1 N–H and O–H groups in total. The number of pyridine rings is 1. The Morgan fingerprint density at radius 1 is 0.710 bits per heavy atom. The highest BCUT2D eigenvalue weighted by Crippen LogP contribution is 2.22. The fourth-order valence-electron chi connectivity index (χ4n) is 3.33. The van der Waals surface area contributed by atoms with Gasteiger partial charge in [0.05, 0.1) is 0 Å². The number of nitrogens with zero attached hydrogens (tertiary/aromatic N) is 1. The van der Waals surface area contributed by atoms with Crippen LogP contribution >= 0.6 is 12.2 Å². The number of hydrogen-bond donors (Lipinski definition) is 1. The molecule has 0 spiro atoms. The van der Waals surface area contributed by atoms with Crippen LogP contribution in [0.5, 0.6) is 0 Å². The van der Waals surface area contributed by atoms with E-state index in [4.69, 9.17) is 12.2 Å². The van der Waals surface area contributed by atoms with Crippen molar-refractivity contribution in [2.45, 2.75) is 6.54 Å².